The van der Waals surface area contributed by atoms with Crippen molar-refractivity contribution >= 4 is 23.6 Å². The van der Waals surface area contributed by atoms with Crippen molar-refractivity contribution in [2.24, 2.45) is 5.73 Å². The maximum atomic E-state index is 12.9. The first-order valence-electron chi connectivity index (χ1n) is 14.4. The molecule has 0 aliphatic carbocycles. The SMILES string of the molecule is CCNC(=O)[C@@H](Cc1ccccc1)NC(=O)OCc1cccc2nnc([C@@H](COCc3ccccc3)NC(=O)C(C)(C)N)n12. The second kappa shape index (κ2) is 15.1. The molecule has 2 aromatic carbocycles. The van der Waals surface area contributed by atoms with E-state index in [0.717, 1.165) is 11.1 Å². The van der Waals surface area contributed by atoms with E-state index in [4.69, 9.17) is 15.2 Å². The highest BCUT2D eigenvalue weighted by Gasteiger charge is 2.29. The van der Waals surface area contributed by atoms with Gasteiger partial charge in [-0.2, -0.15) is 0 Å². The van der Waals surface area contributed by atoms with Crippen LogP contribution < -0.4 is 21.7 Å². The van der Waals surface area contributed by atoms with Gasteiger partial charge < -0.3 is 31.2 Å². The lowest BCUT2D eigenvalue weighted by atomic mass is 10.1. The minimum absolute atomic E-state index is 0.0842. The summed E-state index contributed by atoms with van der Waals surface area (Å²) < 4.78 is 13.2. The van der Waals surface area contributed by atoms with E-state index in [2.05, 4.69) is 26.1 Å². The Morgan fingerprint density at radius 3 is 2.23 bits per heavy atom. The standard InChI is InChI=1S/C32H39N7O5/c1-4-34-29(40)25(18-22-12-7-5-8-13-22)36-31(42)44-20-24-16-11-17-27-37-38-28(39(24)27)26(35-30(41)32(2,3)33)21-43-19-23-14-9-6-10-15-23/h5-17,25-26H,4,18-21,33H2,1-3H3,(H,34,40)(H,35,41)(H,36,42)/t25-,26-/m1/s1. The monoisotopic (exact) mass is 601 g/mol. The molecule has 0 fully saturated rings. The summed E-state index contributed by atoms with van der Waals surface area (Å²) in [6, 6.07) is 22.8. The topological polar surface area (TPSA) is 162 Å². The maximum Gasteiger partial charge on any atom is 0.408 e. The molecule has 232 valence electrons. The Labute approximate surface area is 256 Å². The number of rotatable bonds is 14. The Hall–Kier alpha value is -4.81. The number of pyridine rings is 1. The van der Waals surface area contributed by atoms with Crippen molar-refractivity contribution in [3.8, 4) is 0 Å². The second-order valence-corrected chi connectivity index (χ2v) is 10.9. The highest BCUT2D eigenvalue weighted by Crippen LogP contribution is 2.19. The number of carbonyl (C=O) groups excluding carboxylic acids is 3. The highest BCUT2D eigenvalue weighted by atomic mass is 16.5. The van der Waals surface area contributed by atoms with Crippen LogP contribution in [0.3, 0.4) is 0 Å². The summed E-state index contributed by atoms with van der Waals surface area (Å²) in [5.74, 6) is -0.326. The van der Waals surface area contributed by atoms with Gasteiger partial charge in [-0.15, -0.1) is 10.2 Å². The van der Waals surface area contributed by atoms with E-state index in [9.17, 15) is 14.4 Å². The molecule has 12 heteroatoms. The number of ether oxygens (including phenoxy) is 2. The molecule has 2 aromatic heterocycles. The fourth-order valence-corrected chi connectivity index (χ4v) is 4.44. The van der Waals surface area contributed by atoms with E-state index in [1.54, 1.807) is 36.4 Å². The molecule has 3 amide bonds. The van der Waals surface area contributed by atoms with Crippen molar-refractivity contribution in [2.45, 2.75) is 58.0 Å². The molecule has 0 spiro atoms. The Kier molecular flexibility index (Phi) is 11.0. The smallest absolute Gasteiger partial charge is 0.408 e. The van der Waals surface area contributed by atoms with Crippen LogP contribution in [0.5, 0.6) is 0 Å². The quantitative estimate of drug-likeness (QED) is 0.172. The Bertz CT molecular complexity index is 1540. The fraction of sp³-hybridized carbons (Fsp3) is 0.344. The lowest BCUT2D eigenvalue weighted by Gasteiger charge is -2.24. The molecule has 0 unspecified atom stereocenters. The third-order valence-electron chi connectivity index (χ3n) is 6.73. The molecular weight excluding hydrogens is 562 g/mol. The van der Waals surface area contributed by atoms with Crippen molar-refractivity contribution in [3.05, 3.63) is 102 Å². The number of hydrogen-bond acceptors (Lipinski definition) is 8. The van der Waals surface area contributed by atoms with Crippen LogP contribution in [-0.4, -0.2) is 57.2 Å². The van der Waals surface area contributed by atoms with Crippen molar-refractivity contribution in [1.29, 1.82) is 0 Å². The average molecular weight is 602 g/mol. The van der Waals surface area contributed by atoms with Crippen LogP contribution in [-0.2, 0) is 38.7 Å². The second-order valence-electron chi connectivity index (χ2n) is 10.9. The molecule has 0 radical (unpaired) electrons. The number of fused-ring (bicyclic) bond motifs is 1. The molecule has 0 bridgehead atoms. The summed E-state index contributed by atoms with van der Waals surface area (Å²) in [6.07, 6.45) is -0.459. The van der Waals surface area contributed by atoms with Crippen molar-refractivity contribution < 1.29 is 23.9 Å². The Morgan fingerprint density at radius 2 is 1.57 bits per heavy atom. The molecule has 2 heterocycles. The number of nitrogens with zero attached hydrogens (tertiary/aromatic N) is 3. The van der Waals surface area contributed by atoms with Crippen LogP contribution >= 0.6 is 0 Å². The molecule has 4 rings (SSSR count). The molecule has 44 heavy (non-hydrogen) atoms. The van der Waals surface area contributed by atoms with Crippen molar-refractivity contribution in [1.82, 2.24) is 30.5 Å². The number of amides is 3. The first kappa shape index (κ1) is 32.1. The predicted octanol–water partition coefficient (Wildman–Crippen LogP) is 2.81. The summed E-state index contributed by atoms with van der Waals surface area (Å²) in [7, 11) is 0. The number of alkyl carbamates (subject to hydrolysis) is 1. The van der Waals surface area contributed by atoms with Gasteiger partial charge in [-0.3, -0.25) is 14.0 Å². The first-order chi connectivity index (χ1) is 21.2. The van der Waals surface area contributed by atoms with Crippen LogP contribution in [0.2, 0.25) is 0 Å². The number of nitrogens with one attached hydrogen (secondary N) is 3. The number of aromatic nitrogens is 3. The van der Waals surface area contributed by atoms with E-state index in [-0.39, 0.29) is 19.1 Å². The molecule has 0 aliphatic rings. The lowest BCUT2D eigenvalue weighted by molar-refractivity contribution is -0.126. The fourth-order valence-electron chi connectivity index (χ4n) is 4.44. The normalized spacial score (nSPS) is 12.7. The minimum Gasteiger partial charge on any atom is -0.443 e. The van der Waals surface area contributed by atoms with Crippen LogP contribution in [0.15, 0.2) is 78.9 Å². The van der Waals surface area contributed by atoms with E-state index in [1.807, 2.05) is 67.6 Å². The van der Waals surface area contributed by atoms with Gasteiger partial charge in [0.25, 0.3) is 0 Å². The van der Waals surface area contributed by atoms with Gasteiger partial charge in [-0.1, -0.05) is 66.7 Å². The zero-order chi connectivity index (χ0) is 31.5. The number of nitrogens with two attached hydrogens (primary N) is 1. The largest absolute Gasteiger partial charge is 0.443 e. The summed E-state index contributed by atoms with van der Waals surface area (Å²) >= 11 is 0. The average Bonchev–Trinajstić information content (AvgIpc) is 3.45. The maximum absolute atomic E-state index is 12.9. The minimum atomic E-state index is -1.15. The summed E-state index contributed by atoms with van der Waals surface area (Å²) in [5.41, 5.74) is 7.81. The molecular formula is C32H39N7O5. The molecule has 2 atom stereocenters. The number of likely N-dealkylation sites (N-methyl/N-ethyl adjacent to an activating group) is 1. The van der Waals surface area contributed by atoms with Gasteiger partial charge in [0.15, 0.2) is 11.5 Å². The summed E-state index contributed by atoms with van der Waals surface area (Å²) in [4.78, 5) is 38.5. The van der Waals surface area contributed by atoms with Gasteiger partial charge in [-0.05, 0) is 44.0 Å². The van der Waals surface area contributed by atoms with Crippen molar-refractivity contribution in [2.75, 3.05) is 13.2 Å². The van der Waals surface area contributed by atoms with Gasteiger partial charge in [0.05, 0.1) is 24.4 Å². The number of benzene rings is 2. The molecule has 0 aliphatic heterocycles. The Balaban J connectivity index is 1.51. The van der Waals surface area contributed by atoms with Gasteiger partial charge in [0, 0.05) is 13.0 Å². The van der Waals surface area contributed by atoms with Gasteiger partial charge >= 0.3 is 6.09 Å². The molecule has 5 N–H and O–H groups in total. The third kappa shape index (κ3) is 8.85. The summed E-state index contributed by atoms with van der Waals surface area (Å²) in [6.45, 7) is 5.70. The summed E-state index contributed by atoms with van der Waals surface area (Å²) in [5, 5.41) is 17.0. The van der Waals surface area contributed by atoms with Gasteiger partial charge in [0.2, 0.25) is 11.8 Å². The zero-order valence-corrected chi connectivity index (χ0v) is 25.2. The number of carbonyl (C=O) groups is 3. The zero-order valence-electron chi connectivity index (χ0n) is 25.2. The van der Waals surface area contributed by atoms with Crippen LogP contribution in [0, 0.1) is 0 Å². The lowest BCUT2D eigenvalue weighted by Crippen LogP contribution is -2.51. The van der Waals surface area contributed by atoms with E-state index in [0.29, 0.717) is 36.7 Å². The predicted molar refractivity (Wildman–Crippen MR) is 164 cm³/mol. The van der Waals surface area contributed by atoms with E-state index < -0.39 is 29.6 Å². The Morgan fingerprint density at radius 1 is 0.886 bits per heavy atom. The molecule has 4 aromatic rings. The van der Waals surface area contributed by atoms with Crippen LogP contribution in [0.4, 0.5) is 4.79 Å². The first-order valence-corrected chi connectivity index (χ1v) is 14.4. The van der Waals surface area contributed by atoms with Crippen molar-refractivity contribution in [3.63, 3.8) is 0 Å². The third-order valence-corrected chi connectivity index (χ3v) is 6.73. The van der Waals surface area contributed by atoms with Gasteiger partial charge in [0.1, 0.15) is 18.7 Å². The molecule has 0 saturated heterocycles. The molecule has 0 saturated carbocycles. The van der Waals surface area contributed by atoms with Gasteiger partial charge in [-0.25, -0.2) is 4.79 Å². The number of hydrogen-bond donors (Lipinski definition) is 4. The van der Waals surface area contributed by atoms with Crippen LogP contribution in [0.25, 0.3) is 5.65 Å². The van der Waals surface area contributed by atoms with E-state index >= 15 is 0 Å². The highest BCUT2D eigenvalue weighted by molar-refractivity contribution is 5.86. The van der Waals surface area contributed by atoms with E-state index in [1.165, 1.54) is 0 Å². The van der Waals surface area contributed by atoms with Crippen LogP contribution in [0.1, 0.15) is 49.5 Å². The molecule has 12 nitrogen and oxygen atoms in total.